The summed E-state index contributed by atoms with van der Waals surface area (Å²) in [5, 5.41) is 158. The molecule has 426 valence electrons. The van der Waals surface area contributed by atoms with E-state index in [1.807, 2.05) is 6.92 Å². The van der Waals surface area contributed by atoms with Crippen LogP contribution in [0.3, 0.4) is 0 Å². The molecular weight excluding hydrogens is 985 g/mol. The Morgan fingerprint density at radius 1 is 0.622 bits per heavy atom. The lowest BCUT2D eigenvalue weighted by Gasteiger charge is -2.63. The molecule has 8 fully saturated rings. The molecule has 31 unspecified atom stereocenters. The van der Waals surface area contributed by atoms with E-state index in [1.165, 1.54) is 5.57 Å². The maximum absolute atomic E-state index is 12.2. The van der Waals surface area contributed by atoms with Crippen molar-refractivity contribution in [3.8, 4) is 0 Å². The maximum atomic E-state index is 12.2. The number of aliphatic hydroxyl groups is 15. The van der Waals surface area contributed by atoms with Gasteiger partial charge < -0.3 is 119 Å². The van der Waals surface area contributed by atoms with Crippen molar-refractivity contribution in [1.29, 1.82) is 0 Å². The van der Waals surface area contributed by atoms with Gasteiger partial charge in [0.15, 0.2) is 43.5 Å². The molecule has 0 aromatic rings. The van der Waals surface area contributed by atoms with Crippen LogP contribution >= 0.6 is 0 Å². The molecule has 5 aliphatic heterocycles. The lowest BCUT2D eigenvalue weighted by Crippen LogP contribution is -2.67. The third kappa shape index (κ3) is 9.77. The summed E-state index contributed by atoms with van der Waals surface area (Å²) in [6.45, 7) is 9.90. The van der Waals surface area contributed by atoms with Crippen molar-refractivity contribution in [1.82, 2.24) is 0 Å². The largest absolute Gasteiger partial charge is 0.394 e. The number of allylic oxidation sites excluding steroid dienone is 1. The summed E-state index contributed by atoms with van der Waals surface area (Å²) in [6, 6.07) is 0. The number of ether oxygens (including phenoxy) is 9. The van der Waals surface area contributed by atoms with E-state index in [2.05, 4.69) is 33.8 Å². The SMILES string of the molecule is CC(CCC1(O)OC2CC3(C)C4CC=C5CC(OC6OC(CO)C(OC7OC(O)C(O)C(O)C7O)C(O)C6OC6OC(O)C(O)C(O)C6O)CCC5(C)C4CCC3(C)C2C1C)COC1OC(CO)C(O)C(O)C1O. The molecule has 5 heterocycles. The molecular formula is C50H82O24. The van der Waals surface area contributed by atoms with Crippen molar-refractivity contribution in [2.45, 2.75) is 234 Å². The highest BCUT2D eigenvalue weighted by molar-refractivity contribution is 5.28. The molecule has 74 heavy (non-hydrogen) atoms. The van der Waals surface area contributed by atoms with E-state index in [4.69, 9.17) is 42.6 Å². The Morgan fingerprint density at radius 2 is 1.20 bits per heavy atom. The Kier molecular flexibility index (Phi) is 16.8. The molecule has 9 aliphatic rings. The normalized spacial score (nSPS) is 55.9. The molecule has 24 nitrogen and oxygen atoms in total. The first-order valence-electron chi connectivity index (χ1n) is 26.5. The number of aliphatic hydroxyl groups excluding tert-OH is 14. The Hall–Kier alpha value is -1.22. The minimum Gasteiger partial charge on any atom is -0.394 e. The predicted molar refractivity (Wildman–Crippen MR) is 246 cm³/mol. The van der Waals surface area contributed by atoms with Gasteiger partial charge in [0.05, 0.1) is 32.0 Å². The van der Waals surface area contributed by atoms with Gasteiger partial charge in [0.1, 0.15) is 85.5 Å². The first-order chi connectivity index (χ1) is 34.8. The van der Waals surface area contributed by atoms with Crippen molar-refractivity contribution in [3.05, 3.63) is 11.6 Å². The monoisotopic (exact) mass is 1070 g/mol. The summed E-state index contributed by atoms with van der Waals surface area (Å²) >= 11 is 0. The van der Waals surface area contributed by atoms with E-state index in [0.29, 0.717) is 37.5 Å². The second kappa shape index (κ2) is 21.7. The molecule has 0 bridgehead atoms. The number of hydrogen-bond donors (Lipinski definition) is 15. The number of fused-ring (bicyclic) bond motifs is 7. The molecule has 4 aliphatic carbocycles. The van der Waals surface area contributed by atoms with Crippen molar-refractivity contribution >= 4 is 0 Å². The summed E-state index contributed by atoms with van der Waals surface area (Å²) in [5.41, 5.74) is 0.714. The van der Waals surface area contributed by atoms with E-state index >= 15 is 0 Å². The molecule has 9 rings (SSSR count). The quantitative estimate of drug-likeness (QED) is 0.0744. The van der Waals surface area contributed by atoms with Crippen LogP contribution in [-0.2, 0) is 42.6 Å². The van der Waals surface area contributed by atoms with Gasteiger partial charge in [-0.3, -0.25) is 0 Å². The average molecular weight is 1070 g/mol. The number of hydrogen-bond acceptors (Lipinski definition) is 24. The fourth-order valence-corrected chi connectivity index (χ4v) is 15.0. The highest BCUT2D eigenvalue weighted by Crippen LogP contribution is 2.75. The molecule has 0 spiro atoms. The van der Waals surface area contributed by atoms with Crippen LogP contribution in [0.15, 0.2) is 11.6 Å². The van der Waals surface area contributed by atoms with E-state index in [-0.39, 0.29) is 46.7 Å². The molecule has 5 saturated heterocycles. The molecule has 0 radical (unpaired) electrons. The number of rotatable bonds is 14. The van der Waals surface area contributed by atoms with Gasteiger partial charge in [0, 0.05) is 12.3 Å². The van der Waals surface area contributed by atoms with Gasteiger partial charge >= 0.3 is 0 Å². The Bertz CT molecular complexity index is 1950. The zero-order chi connectivity index (χ0) is 53.7. The molecule has 24 heteroatoms. The third-order valence-electron chi connectivity index (χ3n) is 19.7. The smallest absolute Gasteiger partial charge is 0.189 e. The van der Waals surface area contributed by atoms with Crippen LogP contribution in [0.5, 0.6) is 0 Å². The Balaban J connectivity index is 0.860. The van der Waals surface area contributed by atoms with E-state index in [0.717, 1.165) is 32.1 Å². The van der Waals surface area contributed by atoms with Crippen LogP contribution in [0.1, 0.15) is 92.4 Å². The van der Waals surface area contributed by atoms with Crippen molar-refractivity contribution in [3.63, 3.8) is 0 Å². The fraction of sp³-hybridized carbons (Fsp3) is 0.960. The summed E-state index contributed by atoms with van der Waals surface area (Å²) in [6.07, 6.45) is -26.5. The van der Waals surface area contributed by atoms with Gasteiger partial charge in [0.25, 0.3) is 0 Å². The van der Waals surface area contributed by atoms with Crippen molar-refractivity contribution < 1.29 is 119 Å². The maximum Gasteiger partial charge on any atom is 0.189 e. The summed E-state index contributed by atoms with van der Waals surface area (Å²) in [5.74, 6) is -0.931. The topological polar surface area (TPSA) is 387 Å². The summed E-state index contributed by atoms with van der Waals surface area (Å²) in [7, 11) is 0. The van der Waals surface area contributed by atoms with Crippen LogP contribution < -0.4 is 0 Å². The van der Waals surface area contributed by atoms with Gasteiger partial charge in [-0.25, -0.2) is 0 Å². The molecule has 31 atom stereocenters. The highest BCUT2D eigenvalue weighted by Gasteiger charge is 2.72. The minimum absolute atomic E-state index is 0.0956. The molecule has 0 amide bonds. The van der Waals surface area contributed by atoms with E-state index in [9.17, 15) is 76.6 Å². The average Bonchev–Trinajstić information content (AvgIpc) is 3.76. The Morgan fingerprint density at radius 3 is 1.82 bits per heavy atom. The Labute approximate surface area is 429 Å². The molecule has 3 saturated carbocycles. The predicted octanol–water partition coefficient (Wildman–Crippen LogP) is -3.73. The lowest BCUT2D eigenvalue weighted by atomic mass is 9.42. The zero-order valence-corrected chi connectivity index (χ0v) is 42.5. The van der Waals surface area contributed by atoms with E-state index < -0.39 is 148 Å². The van der Waals surface area contributed by atoms with Crippen molar-refractivity contribution in [2.75, 3.05) is 19.8 Å². The van der Waals surface area contributed by atoms with Crippen molar-refractivity contribution in [2.24, 2.45) is 45.8 Å². The fourth-order valence-electron chi connectivity index (χ4n) is 15.0. The van der Waals surface area contributed by atoms with Crippen LogP contribution in [0.2, 0.25) is 0 Å². The summed E-state index contributed by atoms with van der Waals surface area (Å²) < 4.78 is 53.1. The van der Waals surface area contributed by atoms with E-state index in [1.54, 1.807) is 0 Å². The lowest BCUT2D eigenvalue weighted by molar-refractivity contribution is -0.405. The molecule has 0 aromatic carbocycles. The van der Waals surface area contributed by atoms with Gasteiger partial charge in [-0.2, -0.15) is 0 Å². The van der Waals surface area contributed by atoms with Crippen LogP contribution in [0, 0.1) is 45.8 Å². The molecule has 15 N–H and O–H groups in total. The first-order valence-corrected chi connectivity index (χ1v) is 26.5. The highest BCUT2D eigenvalue weighted by atomic mass is 16.8. The van der Waals surface area contributed by atoms with Crippen LogP contribution in [0.4, 0.5) is 0 Å². The van der Waals surface area contributed by atoms with Gasteiger partial charge in [-0.05, 0) is 91.3 Å². The zero-order valence-electron chi connectivity index (χ0n) is 42.5. The summed E-state index contributed by atoms with van der Waals surface area (Å²) in [4.78, 5) is 0. The second-order valence-electron chi connectivity index (χ2n) is 23.8. The van der Waals surface area contributed by atoms with Crippen LogP contribution in [-0.4, -0.2) is 238 Å². The first kappa shape index (κ1) is 57.5. The van der Waals surface area contributed by atoms with Gasteiger partial charge in [0.2, 0.25) is 0 Å². The minimum atomic E-state index is -2.01. The molecule has 0 aromatic heterocycles. The third-order valence-corrected chi connectivity index (χ3v) is 19.7. The van der Waals surface area contributed by atoms with Gasteiger partial charge in [-0.15, -0.1) is 0 Å². The van der Waals surface area contributed by atoms with Gasteiger partial charge in [-0.1, -0.05) is 46.3 Å². The standard InChI is InChI=1S/C50H82O24/c1-19(18-66-43-35(59)30(54)29(53)26(16-51)68-43)8-13-50(65)20(2)28-25(74-50)15-49(5)24-7-6-21-14-22(9-11-47(21,3)23(24)10-12-48(28,49)4)67-46-40(71-45-37(61)32(56)34(58)42(64)73-45)38(62)39(27(17-52)69-46)70-44-36(60)31(55)33(57)41(63)72-44/h6,19-20,22-46,51-65H,7-18H2,1-5H3. The van der Waals surface area contributed by atoms with Crippen LogP contribution in [0.25, 0.3) is 0 Å². The second-order valence-corrected chi connectivity index (χ2v) is 23.8.